The van der Waals surface area contributed by atoms with Crippen molar-refractivity contribution in [2.45, 2.75) is 72.0 Å². The van der Waals surface area contributed by atoms with Gasteiger partial charge < -0.3 is 19.5 Å². The highest BCUT2D eigenvalue weighted by atomic mass is 16.7. The van der Waals surface area contributed by atoms with Crippen LogP contribution in [0, 0.1) is 5.92 Å². The van der Waals surface area contributed by atoms with Gasteiger partial charge in [0.1, 0.15) is 0 Å². The molecule has 0 bridgehead atoms. The second-order valence-electron chi connectivity index (χ2n) is 7.66. The van der Waals surface area contributed by atoms with Gasteiger partial charge in [-0.05, 0) is 24.5 Å². The van der Waals surface area contributed by atoms with Crippen molar-refractivity contribution in [1.82, 2.24) is 0 Å². The first-order chi connectivity index (χ1) is 14.9. The van der Waals surface area contributed by atoms with Gasteiger partial charge in [-0.3, -0.25) is 0 Å². The van der Waals surface area contributed by atoms with Crippen LogP contribution in [0.1, 0.15) is 76.6 Å². The lowest BCUT2D eigenvalue weighted by Gasteiger charge is -2.34. The minimum Gasteiger partial charge on any atom is -0.462 e. The second kappa shape index (κ2) is 11.5. The molecule has 170 valence electrons. The zero-order chi connectivity index (χ0) is 22.9. The van der Waals surface area contributed by atoms with Crippen molar-refractivity contribution >= 4 is 23.6 Å². The van der Waals surface area contributed by atoms with Crippen molar-refractivity contribution in [2.24, 2.45) is 5.92 Å². The number of hydrogen-bond acceptors (Lipinski definition) is 7. The summed E-state index contributed by atoms with van der Waals surface area (Å²) in [4.78, 5) is 37.3. The molecule has 31 heavy (non-hydrogen) atoms. The molecular formula is C24H33NO6. The summed E-state index contributed by atoms with van der Waals surface area (Å²) >= 11 is 0. The Morgan fingerprint density at radius 2 is 1.74 bits per heavy atom. The number of para-hydroxylation sites is 1. The van der Waals surface area contributed by atoms with E-state index in [4.69, 9.17) is 14.2 Å². The molecule has 1 unspecified atom stereocenters. The SMILES string of the molecule is CCCCC(CC)COC(=O)c1ccccc1NC=C1C(=O)OC(CC)(CC)OC1=O. The molecule has 1 N–H and O–H groups in total. The number of cyclic esters (lactones) is 2. The largest absolute Gasteiger partial charge is 0.462 e. The molecule has 1 aromatic rings. The van der Waals surface area contributed by atoms with E-state index in [1.165, 1.54) is 6.20 Å². The summed E-state index contributed by atoms with van der Waals surface area (Å²) in [5, 5.41) is 2.86. The average Bonchev–Trinajstić information content (AvgIpc) is 2.78. The van der Waals surface area contributed by atoms with Crippen LogP contribution in [0.3, 0.4) is 0 Å². The molecule has 1 heterocycles. The average molecular weight is 432 g/mol. The third-order valence-electron chi connectivity index (χ3n) is 5.59. The maximum absolute atomic E-state index is 12.6. The van der Waals surface area contributed by atoms with Gasteiger partial charge in [-0.25, -0.2) is 14.4 Å². The van der Waals surface area contributed by atoms with E-state index >= 15 is 0 Å². The fourth-order valence-electron chi connectivity index (χ4n) is 3.31. The lowest BCUT2D eigenvalue weighted by molar-refractivity contribution is -0.237. The van der Waals surface area contributed by atoms with Gasteiger partial charge in [0, 0.05) is 19.0 Å². The first kappa shape index (κ1) is 24.4. The number of ether oxygens (including phenoxy) is 3. The number of rotatable bonds is 11. The van der Waals surface area contributed by atoms with Gasteiger partial charge in [0.15, 0.2) is 5.57 Å². The van der Waals surface area contributed by atoms with Gasteiger partial charge >= 0.3 is 17.9 Å². The Kier molecular flexibility index (Phi) is 9.09. The smallest absolute Gasteiger partial charge is 0.350 e. The summed E-state index contributed by atoms with van der Waals surface area (Å²) in [5.74, 6) is -2.86. The van der Waals surface area contributed by atoms with Crippen LogP contribution in [-0.4, -0.2) is 30.3 Å². The topological polar surface area (TPSA) is 90.9 Å². The molecular weight excluding hydrogens is 398 g/mol. The molecule has 1 saturated heterocycles. The van der Waals surface area contributed by atoms with Crippen LogP contribution in [0.25, 0.3) is 0 Å². The van der Waals surface area contributed by atoms with Gasteiger partial charge in [0.25, 0.3) is 5.79 Å². The van der Waals surface area contributed by atoms with E-state index in [-0.39, 0.29) is 5.57 Å². The number of anilines is 1. The van der Waals surface area contributed by atoms with Crippen molar-refractivity contribution in [2.75, 3.05) is 11.9 Å². The maximum atomic E-state index is 12.6. The fourth-order valence-corrected chi connectivity index (χ4v) is 3.31. The molecule has 0 amide bonds. The van der Waals surface area contributed by atoms with E-state index in [0.717, 1.165) is 25.7 Å². The van der Waals surface area contributed by atoms with Gasteiger partial charge in [-0.2, -0.15) is 0 Å². The molecule has 1 aliphatic heterocycles. The molecule has 1 aromatic carbocycles. The van der Waals surface area contributed by atoms with Crippen LogP contribution in [0.15, 0.2) is 36.0 Å². The standard InChI is InChI=1S/C24H33NO6/c1-5-9-12-17(6-2)16-29-21(26)18-13-10-11-14-20(18)25-15-19-22(27)30-24(7-3,8-4)31-23(19)28/h10-11,13-15,17,25H,5-9,12,16H2,1-4H3. The van der Waals surface area contributed by atoms with Crippen molar-refractivity contribution in [3.05, 3.63) is 41.6 Å². The summed E-state index contributed by atoms with van der Waals surface area (Å²) in [6, 6.07) is 6.77. The lowest BCUT2D eigenvalue weighted by atomic mass is 10.0. The molecule has 0 radical (unpaired) electrons. The van der Waals surface area contributed by atoms with Crippen LogP contribution in [0.4, 0.5) is 5.69 Å². The lowest BCUT2D eigenvalue weighted by Crippen LogP contribution is -2.45. The summed E-state index contributed by atoms with van der Waals surface area (Å²) in [5.41, 5.74) is 0.482. The molecule has 0 aliphatic carbocycles. The number of hydrogen-bond donors (Lipinski definition) is 1. The monoisotopic (exact) mass is 431 g/mol. The predicted octanol–water partition coefficient (Wildman–Crippen LogP) is 4.97. The Labute approximate surface area is 184 Å². The van der Waals surface area contributed by atoms with Gasteiger partial charge in [-0.1, -0.05) is 59.1 Å². The predicted molar refractivity (Wildman–Crippen MR) is 117 cm³/mol. The van der Waals surface area contributed by atoms with E-state index in [9.17, 15) is 14.4 Å². The highest BCUT2D eigenvalue weighted by molar-refractivity contribution is 6.15. The van der Waals surface area contributed by atoms with Crippen LogP contribution in [0.5, 0.6) is 0 Å². The molecule has 0 spiro atoms. The third kappa shape index (κ3) is 6.32. The summed E-state index contributed by atoms with van der Waals surface area (Å²) < 4.78 is 16.2. The van der Waals surface area contributed by atoms with Gasteiger partial charge in [0.05, 0.1) is 17.9 Å². The Hall–Kier alpha value is -2.83. The zero-order valence-electron chi connectivity index (χ0n) is 18.9. The number of carbonyl (C=O) groups is 3. The molecule has 2 rings (SSSR count). The van der Waals surface area contributed by atoms with Crippen molar-refractivity contribution in [3.63, 3.8) is 0 Å². The highest BCUT2D eigenvalue weighted by Crippen LogP contribution is 2.30. The number of carbonyl (C=O) groups excluding carboxylic acids is 3. The molecule has 7 heteroatoms. The first-order valence-corrected chi connectivity index (χ1v) is 11.1. The minimum atomic E-state index is -1.22. The van der Waals surface area contributed by atoms with Crippen molar-refractivity contribution in [1.29, 1.82) is 0 Å². The van der Waals surface area contributed by atoms with E-state index in [2.05, 4.69) is 19.2 Å². The number of nitrogens with one attached hydrogen (secondary N) is 1. The zero-order valence-corrected chi connectivity index (χ0v) is 18.9. The molecule has 1 aliphatic rings. The Morgan fingerprint density at radius 1 is 1.10 bits per heavy atom. The molecule has 0 aromatic heterocycles. The van der Waals surface area contributed by atoms with Crippen LogP contribution < -0.4 is 5.32 Å². The maximum Gasteiger partial charge on any atom is 0.350 e. The highest BCUT2D eigenvalue weighted by Gasteiger charge is 2.43. The summed E-state index contributed by atoms with van der Waals surface area (Å²) in [7, 11) is 0. The van der Waals surface area contributed by atoms with Crippen molar-refractivity contribution < 1.29 is 28.6 Å². The minimum absolute atomic E-state index is 0.258. The van der Waals surface area contributed by atoms with E-state index in [0.29, 0.717) is 36.6 Å². The van der Waals surface area contributed by atoms with Crippen molar-refractivity contribution in [3.8, 4) is 0 Å². The molecule has 1 atom stereocenters. The quantitative estimate of drug-likeness (QED) is 0.300. The van der Waals surface area contributed by atoms with Crippen LogP contribution >= 0.6 is 0 Å². The van der Waals surface area contributed by atoms with E-state index in [1.807, 2.05) is 0 Å². The summed E-state index contributed by atoms with van der Waals surface area (Å²) in [6.07, 6.45) is 6.12. The second-order valence-corrected chi connectivity index (χ2v) is 7.66. The Bertz CT molecular complexity index is 790. The number of esters is 3. The molecule has 7 nitrogen and oxygen atoms in total. The van der Waals surface area contributed by atoms with Crippen LogP contribution in [0.2, 0.25) is 0 Å². The van der Waals surface area contributed by atoms with Gasteiger partial charge in [0.2, 0.25) is 0 Å². The molecule has 0 saturated carbocycles. The molecule has 1 fully saturated rings. The first-order valence-electron chi connectivity index (χ1n) is 11.1. The van der Waals surface area contributed by atoms with E-state index in [1.54, 1.807) is 38.1 Å². The Balaban J connectivity index is 2.09. The normalized spacial score (nSPS) is 16.2. The Morgan fingerprint density at radius 3 is 2.32 bits per heavy atom. The van der Waals surface area contributed by atoms with Gasteiger partial charge in [-0.15, -0.1) is 0 Å². The fraction of sp³-hybridized carbons (Fsp3) is 0.542. The third-order valence-corrected chi connectivity index (χ3v) is 5.59. The summed E-state index contributed by atoms with van der Waals surface area (Å²) in [6.45, 7) is 8.15. The van der Waals surface area contributed by atoms with E-state index < -0.39 is 23.7 Å². The van der Waals surface area contributed by atoms with Crippen LogP contribution in [-0.2, 0) is 23.8 Å². The number of unbranched alkanes of at least 4 members (excludes halogenated alkanes) is 1. The number of benzene rings is 1.